The van der Waals surface area contributed by atoms with Crippen LogP contribution in [0.4, 0.5) is 13.2 Å². The van der Waals surface area contributed by atoms with Crippen molar-refractivity contribution in [2.45, 2.75) is 25.6 Å². The third-order valence-corrected chi connectivity index (χ3v) is 3.10. The van der Waals surface area contributed by atoms with Crippen molar-refractivity contribution in [2.75, 3.05) is 0 Å². The molecule has 3 nitrogen and oxygen atoms in total. The van der Waals surface area contributed by atoms with Crippen LogP contribution in [0.2, 0.25) is 0 Å². The second-order valence-corrected chi connectivity index (χ2v) is 4.85. The maximum Gasteiger partial charge on any atom is 0.417 e. The highest BCUT2D eigenvalue weighted by molar-refractivity contribution is 5.69. The van der Waals surface area contributed by atoms with Gasteiger partial charge in [0.2, 0.25) is 0 Å². The molecule has 0 spiro atoms. The lowest BCUT2D eigenvalue weighted by molar-refractivity contribution is -0.137. The molecule has 1 aromatic heterocycles. The molecule has 0 aliphatic rings. The fourth-order valence-electron chi connectivity index (χ4n) is 2.20. The lowest BCUT2D eigenvalue weighted by atomic mass is 9.97. The molecule has 0 aliphatic heterocycles. The topological polar surface area (TPSA) is 43.8 Å². The number of hydrogen-bond donors (Lipinski definition) is 1. The van der Waals surface area contributed by atoms with E-state index in [4.69, 9.17) is 5.73 Å². The minimum atomic E-state index is -4.39. The Labute approximate surface area is 115 Å². The summed E-state index contributed by atoms with van der Waals surface area (Å²) in [5.41, 5.74) is 6.44. The maximum absolute atomic E-state index is 13.1. The predicted molar refractivity (Wildman–Crippen MR) is 71.0 cm³/mol. The van der Waals surface area contributed by atoms with Gasteiger partial charge in [-0.1, -0.05) is 18.2 Å². The summed E-state index contributed by atoms with van der Waals surface area (Å²) in [6.07, 6.45) is -2.46. The molecule has 0 bridgehead atoms. The van der Waals surface area contributed by atoms with Crippen LogP contribution in [-0.2, 0) is 19.6 Å². The van der Waals surface area contributed by atoms with Gasteiger partial charge in [0.25, 0.3) is 0 Å². The van der Waals surface area contributed by atoms with Crippen molar-refractivity contribution in [3.63, 3.8) is 0 Å². The van der Waals surface area contributed by atoms with Gasteiger partial charge >= 0.3 is 6.18 Å². The molecule has 0 aliphatic carbocycles. The monoisotopic (exact) mass is 283 g/mol. The van der Waals surface area contributed by atoms with Crippen LogP contribution in [0, 0.1) is 0 Å². The van der Waals surface area contributed by atoms with E-state index in [0.717, 1.165) is 6.07 Å². The molecule has 0 amide bonds. The summed E-state index contributed by atoms with van der Waals surface area (Å²) in [5.74, 6) is 0. The number of benzene rings is 1. The summed E-state index contributed by atoms with van der Waals surface area (Å²) in [5, 5.41) is 4.06. The zero-order chi connectivity index (χ0) is 14.9. The van der Waals surface area contributed by atoms with Crippen molar-refractivity contribution in [3.8, 4) is 11.1 Å². The fraction of sp³-hybridized carbons (Fsp3) is 0.357. The lowest BCUT2D eigenvalue weighted by Crippen LogP contribution is -2.20. The Morgan fingerprint density at radius 1 is 1.25 bits per heavy atom. The van der Waals surface area contributed by atoms with E-state index in [1.54, 1.807) is 17.8 Å². The predicted octanol–water partition coefficient (Wildman–Crippen LogP) is 3.00. The number of hydrogen-bond acceptors (Lipinski definition) is 2. The van der Waals surface area contributed by atoms with E-state index in [2.05, 4.69) is 5.10 Å². The molecule has 1 heterocycles. The normalized spacial score (nSPS) is 13.5. The van der Waals surface area contributed by atoms with Gasteiger partial charge in [0.05, 0.1) is 11.8 Å². The van der Waals surface area contributed by atoms with E-state index in [0.29, 0.717) is 17.7 Å². The summed E-state index contributed by atoms with van der Waals surface area (Å²) >= 11 is 0. The first-order valence-electron chi connectivity index (χ1n) is 6.23. The van der Waals surface area contributed by atoms with Crippen LogP contribution in [0.3, 0.4) is 0 Å². The number of nitrogens with zero attached hydrogens (tertiary/aromatic N) is 2. The van der Waals surface area contributed by atoms with Crippen LogP contribution in [0.1, 0.15) is 18.2 Å². The molecule has 20 heavy (non-hydrogen) atoms. The van der Waals surface area contributed by atoms with Crippen molar-refractivity contribution in [2.24, 2.45) is 12.8 Å². The maximum atomic E-state index is 13.1. The zero-order valence-corrected chi connectivity index (χ0v) is 11.3. The molecule has 1 unspecified atom stereocenters. The average Bonchev–Trinajstić information content (AvgIpc) is 2.69. The number of nitrogens with two attached hydrogens (primary N) is 1. The standard InChI is InChI=1S/C14H16F3N3/c1-9(18)7-13-11(8-19-20(13)2)10-5-3-4-6-12(10)14(15,16)17/h3-6,8-9H,7,18H2,1-2H3. The van der Waals surface area contributed by atoms with Gasteiger partial charge in [0, 0.05) is 30.8 Å². The molecule has 0 saturated heterocycles. The Kier molecular flexibility index (Phi) is 3.85. The Morgan fingerprint density at radius 2 is 1.90 bits per heavy atom. The van der Waals surface area contributed by atoms with Crippen LogP contribution in [-0.4, -0.2) is 15.8 Å². The Morgan fingerprint density at radius 3 is 2.50 bits per heavy atom. The third kappa shape index (κ3) is 2.85. The van der Waals surface area contributed by atoms with Gasteiger partial charge in [-0.15, -0.1) is 0 Å². The van der Waals surface area contributed by atoms with E-state index in [9.17, 15) is 13.2 Å². The van der Waals surface area contributed by atoms with Crippen LogP contribution < -0.4 is 5.73 Å². The van der Waals surface area contributed by atoms with Crippen molar-refractivity contribution in [3.05, 3.63) is 41.7 Å². The quantitative estimate of drug-likeness (QED) is 0.941. The van der Waals surface area contributed by atoms with E-state index in [1.807, 2.05) is 6.92 Å². The van der Waals surface area contributed by atoms with E-state index < -0.39 is 11.7 Å². The number of rotatable bonds is 3. The van der Waals surface area contributed by atoms with Crippen LogP contribution in [0.25, 0.3) is 11.1 Å². The molecule has 0 saturated carbocycles. The fourth-order valence-corrected chi connectivity index (χ4v) is 2.20. The smallest absolute Gasteiger partial charge is 0.328 e. The minimum Gasteiger partial charge on any atom is -0.328 e. The second kappa shape index (κ2) is 5.28. The Hall–Kier alpha value is -1.82. The van der Waals surface area contributed by atoms with Crippen molar-refractivity contribution >= 4 is 0 Å². The summed E-state index contributed by atoms with van der Waals surface area (Å²) in [7, 11) is 1.71. The number of halogens is 3. The van der Waals surface area contributed by atoms with Gasteiger partial charge < -0.3 is 5.73 Å². The molecule has 0 radical (unpaired) electrons. The minimum absolute atomic E-state index is 0.142. The summed E-state index contributed by atoms with van der Waals surface area (Å²) in [6.45, 7) is 1.81. The lowest BCUT2D eigenvalue weighted by Gasteiger charge is -2.14. The molecule has 0 fully saturated rings. The molecule has 1 aromatic carbocycles. The summed E-state index contributed by atoms with van der Waals surface area (Å²) in [4.78, 5) is 0. The van der Waals surface area contributed by atoms with Gasteiger partial charge in [-0.3, -0.25) is 4.68 Å². The largest absolute Gasteiger partial charge is 0.417 e. The average molecular weight is 283 g/mol. The first kappa shape index (κ1) is 14.6. The van der Waals surface area contributed by atoms with Crippen LogP contribution >= 0.6 is 0 Å². The third-order valence-electron chi connectivity index (χ3n) is 3.10. The first-order chi connectivity index (χ1) is 9.30. The van der Waals surface area contributed by atoms with Crippen molar-refractivity contribution < 1.29 is 13.2 Å². The Bertz CT molecular complexity index is 600. The van der Waals surface area contributed by atoms with Gasteiger partial charge in [0.1, 0.15) is 0 Å². The number of alkyl halides is 3. The van der Waals surface area contributed by atoms with Gasteiger partial charge in [0.15, 0.2) is 0 Å². The highest BCUT2D eigenvalue weighted by Crippen LogP contribution is 2.38. The highest BCUT2D eigenvalue weighted by atomic mass is 19.4. The van der Waals surface area contributed by atoms with E-state index >= 15 is 0 Å². The van der Waals surface area contributed by atoms with E-state index in [-0.39, 0.29) is 11.6 Å². The van der Waals surface area contributed by atoms with E-state index in [1.165, 1.54) is 18.3 Å². The van der Waals surface area contributed by atoms with Crippen LogP contribution in [0.5, 0.6) is 0 Å². The molecular formula is C14H16F3N3. The molecule has 108 valence electrons. The number of aryl methyl sites for hydroxylation is 1. The van der Waals surface area contributed by atoms with Gasteiger partial charge in [-0.2, -0.15) is 18.3 Å². The summed E-state index contributed by atoms with van der Waals surface area (Å²) < 4.78 is 40.8. The molecule has 2 rings (SSSR count). The number of aromatic nitrogens is 2. The second-order valence-electron chi connectivity index (χ2n) is 4.85. The SMILES string of the molecule is CC(N)Cc1c(-c2ccccc2C(F)(F)F)cnn1C. The molecule has 6 heteroatoms. The zero-order valence-electron chi connectivity index (χ0n) is 11.3. The summed E-state index contributed by atoms with van der Waals surface area (Å²) in [6, 6.07) is 5.37. The molecule has 2 N–H and O–H groups in total. The highest BCUT2D eigenvalue weighted by Gasteiger charge is 2.34. The molecule has 1 atom stereocenters. The van der Waals surface area contributed by atoms with Crippen molar-refractivity contribution in [1.29, 1.82) is 0 Å². The van der Waals surface area contributed by atoms with Gasteiger partial charge in [-0.25, -0.2) is 0 Å². The Balaban J connectivity index is 2.58. The van der Waals surface area contributed by atoms with Gasteiger partial charge in [-0.05, 0) is 18.6 Å². The molecule has 2 aromatic rings. The van der Waals surface area contributed by atoms with Crippen molar-refractivity contribution in [1.82, 2.24) is 9.78 Å². The molecular weight excluding hydrogens is 267 g/mol. The van der Waals surface area contributed by atoms with Crippen LogP contribution in [0.15, 0.2) is 30.5 Å². The first-order valence-corrected chi connectivity index (χ1v) is 6.23.